The van der Waals surface area contributed by atoms with Gasteiger partial charge in [0, 0.05) is 5.92 Å². The van der Waals surface area contributed by atoms with Crippen molar-refractivity contribution >= 4 is 10.4 Å². The van der Waals surface area contributed by atoms with E-state index in [1.807, 2.05) is 0 Å². The SMILES string of the molecule is CCCCCCCCCC/C=C/C(CCCCCCCCCCCCC)COS(=O)(=O)[O-].[Na+]. The molecule has 0 saturated heterocycles. The molecule has 0 aromatic heterocycles. The van der Waals surface area contributed by atoms with Gasteiger partial charge < -0.3 is 4.55 Å². The van der Waals surface area contributed by atoms with Gasteiger partial charge in [0.05, 0.1) is 6.61 Å². The quantitative estimate of drug-likeness (QED) is 0.0521. The molecule has 0 amide bonds. The molecule has 0 bridgehead atoms. The Kier molecular flexibility index (Phi) is 29.5. The van der Waals surface area contributed by atoms with E-state index in [2.05, 4.69) is 30.2 Å². The van der Waals surface area contributed by atoms with Gasteiger partial charge in [-0.15, -0.1) is 0 Å². The molecule has 6 heteroatoms. The molecule has 33 heavy (non-hydrogen) atoms. The largest absolute Gasteiger partial charge is 1.00 e. The van der Waals surface area contributed by atoms with Crippen LogP contribution in [0.5, 0.6) is 0 Å². The first-order valence-electron chi connectivity index (χ1n) is 13.8. The Bertz CT molecular complexity index is 508. The molecule has 0 aliphatic heterocycles. The molecule has 0 rings (SSSR count). The van der Waals surface area contributed by atoms with Crippen molar-refractivity contribution in [1.82, 2.24) is 0 Å². The number of allylic oxidation sites excluding steroid dienone is 1. The van der Waals surface area contributed by atoms with Crippen molar-refractivity contribution in [3.05, 3.63) is 12.2 Å². The van der Waals surface area contributed by atoms with Gasteiger partial charge in [-0.3, -0.25) is 4.18 Å². The molecule has 0 aromatic rings. The molecule has 0 heterocycles. The molecule has 192 valence electrons. The summed E-state index contributed by atoms with van der Waals surface area (Å²) in [5.74, 6) is 0.0198. The predicted molar refractivity (Wildman–Crippen MR) is 137 cm³/mol. The van der Waals surface area contributed by atoms with Crippen LogP contribution in [0, 0.1) is 5.92 Å². The molecule has 1 atom stereocenters. The molecule has 0 aromatic carbocycles. The Balaban J connectivity index is 0. The third-order valence-corrected chi connectivity index (χ3v) is 6.66. The second kappa shape index (κ2) is 27.2. The van der Waals surface area contributed by atoms with Gasteiger partial charge >= 0.3 is 29.6 Å². The Labute approximate surface area is 229 Å². The van der Waals surface area contributed by atoms with E-state index in [-0.39, 0.29) is 42.1 Å². The van der Waals surface area contributed by atoms with Gasteiger partial charge in [-0.25, -0.2) is 8.42 Å². The average molecular weight is 497 g/mol. The van der Waals surface area contributed by atoms with Crippen molar-refractivity contribution in [2.45, 2.75) is 149 Å². The summed E-state index contributed by atoms with van der Waals surface area (Å²) in [5, 5.41) is 0. The van der Waals surface area contributed by atoms with Gasteiger partial charge in [-0.1, -0.05) is 142 Å². The summed E-state index contributed by atoms with van der Waals surface area (Å²) in [7, 11) is -4.61. The van der Waals surface area contributed by atoms with Crippen LogP contribution in [0.4, 0.5) is 0 Å². The first-order valence-corrected chi connectivity index (χ1v) is 15.1. The third-order valence-electron chi connectivity index (χ3n) is 6.24. The molecule has 0 saturated carbocycles. The molecular formula is C27H53NaO4S. The number of hydrogen-bond acceptors (Lipinski definition) is 4. The van der Waals surface area contributed by atoms with Gasteiger partial charge in [0.15, 0.2) is 0 Å². The first-order chi connectivity index (χ1) is 15.5. The molecule has 0 N–H and O–H groups in total. The van der Waals surface area contributed by atoms with Crippen LogP contribution in [-0.2, 0) is 14.6 Å². The minimum absolute atomic E-state index is 0. The Morgan fingerprint density at radius 2 is 1.06 bits per heavy atom. The van der Waals surface area contributed by atoms with Crippen LogP contribution >= 0.6 is 0 Å². The molecule has 0 spiro atoms. The minimum Gasteiger partial charge on any atom is -0.726 e. The van der Waals surface area contributed by atoms with Gasteiger partial charge in [-0.2, -0.15) is 0 Å². The molecule has 4 nitrogen and oxygen atoms in total. The topological polar surface area (TPSA) is 66.4 Å². The summed E-state index contributed by atoms with van der Waals surface area (Å²) in [5.41, 5.74) is 0. The summed E-state index contributed by atoms with van der Waals surface area (Å²) in [4.78, 5) is 0. The van der Waals surface area contributed by atoms with Crippen molar-refractivity contribution in [2.75, 3.05) is 6.61 Å². The van der Waals surface area contributed by atoms with Crippen molar-refractivity contribution in [1.29, 1.82) is 0 Å². The molecule has 0 aliphatic carbocycles. The zero-order valence-electron chi connectivity index (χ0n) is 22.3. The summed E-state index contributed by atoms with van der Waals surface area (Å²) in [6, 6.07) is 0. The minimum atomic E-state index is -4.61. The average Bonchev–Trinajstić information content (AvgIpc) is 2.75. The fourth-order valence-corrected chi connectivity index (χ4v) is 4.50. The maximum absolute atomic E-state index is 10.8. The number of hydrogen-bond donors (Lipinski definition) is 0. The van der Waals surface area contributed by atoms with Crippen LogP contribution in [-0.4, -0.2) is 19.6 Å². The zero-order chi connectivity index (χ0) is 23.8. The van der Waals surface area contributed by atoms with Crippen molar-refractivity contribution in [3.8, 4) is 0 Å². The van der Waals surface area contributed by atoms with Crippen molar-refractivity contribution in [2.24, 2.45) is 5.92 Å². The van der Waals surface area contributed by atoms with Gasteiger partial charge in [0.2, 0.25) is 10.4 Å². The second-order valence-electron chi connectivity index (χ2n) is 9.47. The monoisotopic (exact) mass is 496 g/mol. The van der Waals surface area contributed by atoms with Crippen LogP contribution in [0.2, 0.25) is 0 Å². The Morgan fingerprint density at radius 1 is 0.667 bits per heavy atom. The molecular weight excluding hydrogens is 443 g/mol. The van der Waals surface area contributed by atoms with Gasteiger partial charge in [-0.05, 0) is 19.3 Å². The molecule has 0 radical (unpaired) electrons. The Morgan fingerprint density at radius 3 is 1.48 bits per heavy atom. The fraction of sp³-hybridized carbons (Fsp3) is 0.926. The molecule has 0 fully saturated rings. The van der Waals surface area contributed by atoms with Crippen LogP contribution in [0.15, 0.2) is 12.2 Å². The van der Waals surface area contributed by atoms with Gasteiger partial charge in [0.25, 0.3) is 0 Å². The molecule has 1 unspecified atom stereocenters. The summed E-state index contributed by atoms with van der Waals surface area (Å²) in [6.45, 7) is 4.48. The standard InChI is InChI=1S/C27H54O4S.Na/c1-3-5-7-9-11-13-15-17-19-21-23-25-27(26-31-32(28,29)30)24-22-20-18-16-14-12-10-8-6-4-2;/h22,24,27H,3-21,23,25-26H2,1-2H3,(H,28,29,30);/q;+1/p-1/b24-22+;. The van der Waals surface area contributed by atoms with Gasteiger partial charge in [0.1, 0.15) is 0 Å². The van der Waals surface area contributed by atoms with Crippen molar-refractivity contribution < 1.29 is 46.7 Å². The van der Waals surface area contributed by atoms with Crippen LogP contribution in [0.25, 0.3) is 0 Å². The van der Waals surface area contributed by atoms with E-state index in [0.29, 0.717) is 0 Å². The predicted octanol–water partition coefficient (Wildman–Crippen LogP) is 5.87. The van der Waals surface area contributed by atoms with E-state index in [1.54, 1.807) is 0 Å². The van der Waals surface area contributed by atoms with Crippen LogP contribution < -0.4 is 29.6 Å². The van der Waals surface area contributed by atoms with Crippen molar-refractivity contribution in [3.63, 3.8) is 0 Å². The van der Waals surface area contributed by atoms with E-state index in [0.717, 1.165) is 19.3 Å². The Hall–Kier alpha value is 0.610. The number of rotatable bonds is 25. The van der Waals surface area contributed by atoms with E-state index >= 15 is 0 Å². The number of unbranched alkanes of at least 4 members (excludes halogenated alkanes) is 18. The fourth-order valence-electron chi connectivity index (χ4n) is 4.16. The molecule has 0 aliphatic rings. The van der Waals surface area contributed by atoms with E-state index in [9.17, 15) is 13.0 Å². The maximum Gasteiger partial charge on any atom is 1.00 e. The summed E-state index contributed by atoms with van der Waals surface area (Å²) < 4.78 is 37.1. The van der Waals surface area contributed by atoms with E-state index in [1.165, 1.54) is 116 Å². The van der Waals surface area contributed by atoms with E-state index < -0.39 is 10.4 Å². The van der Waals surface area contributed by atoms with Crippen LogP contribution in [0.3, 0.4) is 0 Å². The van der Waals surface area contributed by atoms with E-state index in [4.69, 9.17) is 0 Å². The maximum atomic E-state index is 10.8. The second-order valence-corrected chi connectivity index (χ2v) is 10.5. The third kappa shape index (κ3) is 30.6. The normalized spacial score (nSPS) is 12.8. The smallest absolute Gasteiger partial charge is 0.726 e. The zero-order valence-corrected chi connectivity index (χ0v) is 25.1. The summed E-state index contributed by atoms with van der Waals surface area (Å²) >= 11 is 0. The van der Waals surface area contributed by atoms with Crippen LogP contribution in [0.1, 0.15) is 149 Å². The summed E-state index contributed by atoms with van der Waals surface area (Å²) in [6.07, 6.45) is 30.8. The first kappa shape index (κ1) is 35.8.